The maximum atomic E-state index is 11.4. The smallest absolute Gasteiger partial charge is 0.223 e. The summed E-state index contributed by atoms with van der Waals surface area (Å²) in [5.41, 5.74) is 0. The van der Waals surface area contributed by atoms with Crippen molar-refractivity contribution in [2.24, 2.45) is 0 Å². The number of rotatable bonds is 3. The van der Waals surface area contributed by atoms with Crippen molar-refractivity contribution < 1.29 is 14.3 Å². The summed E-state index contributed by atoms with van der Waals surface area (Å²) in [7, 11) is 0. The molecule has 0 radical (unpaired) electrons. The van der Waals surface area contributed by atoms with E-state index in [1.54, 1.807) is 11.2 Å². The van der Waals surface area contributed by atoms with E-state index in [1.165, 1.54) is 0 Å². The number of carbonyl (C=O) groups is 1. The van der Waals surface area contributed by atoms with Crippen LogP contribution in [0.1, 0.15) is 12.2 Å². The number of amides is 1. The predicted molar refractivity (Wildman–Crippen MR) is 49.6 cm³/mol. The second-order valence-corrected chi connectivity index (χ2v) is 3.53. The van der Waals surface area contributed by atoms with E-state index in [-0.39, 0.29) is 12.0 Å². The van der Waals surface area contributed by atoms with Gasteiger partial charge < -0.3 is 14.4 Å². The highest BCUT2D eigenvalue weighted by Gasteiger charge is 2.28. The topological polar surface area (TPSA) is 53.7 Å². The summed E-state index contributed by atoms with van der Waals surface area (Å²) in [4.78, 5) is 13.1. The summed E-state index contributed by atoms with van der Waals surface area (Å²) < 4.78 is 5.12. The molecule has 1 amide bonds. The molecule has 4 heteroatoms. The van der Waals surface area contributed by atoms with Crippen LogP contribution < -0.4 is 0 Å². The van der Waals surface area contributed by atoms with E-state index in [1.807, 2.05) is 12.1 Å². The van der Waals surface area contributed by atoms with E-state index in [0.29, 0.717) is 25.9 Å². The number of hydrogen-bond acceptors (Lipinski definition) is 3. The van der Waals surface area contributed by atoms with Gasteiger partial charge in [0.05, 0.1) is 12.4 Å². The Balaban J connectivity index is 1.73. The summed E-state index contributed by atoms with van der Waals surface area (Å²) in [6.45, 7) is 0.966. The summed E-state index contributed by atoms with van der Waals surface area (Å²) >= 11 is 0. The highest BCUT2D eigenvalue weighted by molar-refractivity contribution is 5.77. The molecule has 1 aromatic rings. The lowest BCUT2D eigenvalue weighted by Gasteiger charge is -2.35. The first-order valence-corrected chi connectivity index (χ1v) is 4.74. The normalized spacial score (nSPS) is 16.8. The molecule has 0 aromatic carbocycles. The van der Waals surface area contributed by atoms with E-state index in [9.17, 15) is 4.79 Å². The van der Waals surface area contributed by atoms with E-state index in [2.05, 4.69) is 0 Å². The highest BCUT2D eigenvalue weighted by atomic mass is 16.3. The molecule has 0 spiro atoms. The molecular weight excluding hydrogens is 182 g/mol. The number of likely N-dealkylation sites (tertiary alicyclic amines) is 1. The minimum Gasteiger partial charge on any atom is -0.469 e. The van der Waals surface area contributed by atoms with Crippen LogP contribution >= 0.6 is 0 Å². The number of hydrogen-bond donors (Lipinski definition) is 1. The Labute approximate surface area is 82.1 Å². The first-order chi connectivity index (χ1) is 6.75. The minimum atomic E-state index is -0.317. The molecule has 1 aliphatic heterocycles. The molecule has 1 saturated heterocycles. The summed E-state index contributed by atoms with van der Waals surface area (Å²) in [6.07, 6.45) is 2.38. The van der Waals surface area contributed by atoms with Crippen molar-refractivity contribution >= 4 is 5.91 Å². The van der Waals surface area contributed by atoms with Crippen LogP contribution in [0, 0.1) is 0 Å². The van der Waals surface area contributed by atoms with Gasteiger partial charge in [0.2, 0.25) is 5.91 Å². The maximum absolute atomic E-state index is 11.4. The molecular formula is C10H13NO3. The summed E-state index contributed by atoms with van der Waals surface area (Å²) in [5, 5.41) is 9.01. The SMILES string of the molecule is O=C(CCc1ccco1)N1CC(O)C1. The van der Waals surface area contributed by atoms with Crippen LogP contribution in [-0.2, 0) is 11.2 Å². The highest BCUT2D eigenvalue weighted by Crippen LogP contribution is 2.11. The first kappa shape index (κ1) is 9.27. The molecule has 76 valence electrons. The molecule has 0 aliphatic carbocycles. The molecule has 4 nitrogen and oxygen atoms in total. The van der Waals surface area contributed by atoms with Crippen molar-refractivity contribution in [3.8, 4) is 0 Å². The molecule has 1 aromatic heterocycles. The molecule has 0 bridgehead atoms. The average molecular weight is 195 g/mol. The maximum Gasteiger partial charge on any atom is 0.223 e. The summed E-state index contributed by atoms with van der Waals surface area (Å²) in [6, 6.07) is 3.67. The van der Waals surface area contributed by atoms with Crippen LogP contribution in [0.3, 0.4) is 0 Å². The molecule has 1 N–H and O–H groups in total. The van der Waals surface area contributed by atoms with Crippen LogP contribution in [0.25, 0.3) is 0 Å². The van der Waals surface area contributed by atoms with Gasteiger partial charge in [0.1, 0.15) is 5.76 Å². The van der Waals surface area contributed by atoms with Gasteiger partial charge in [0.15, 0.2) is 0 Å². The molecule has 0 unspecified atom stereocenters. The lowest BCUT2D eigenvalue weighted by atomic mass is 10.1. The van der Waals surface area contributed by atoms with Crippen LogP contribution in [0.15, 0.2) is 22.8 Å². The van der Waals surface area contributed by atoms with E-state index < -0.39 is 0 Å². The van der Waals surface area contributed by atoms with Crippen molar-refractivity contribution in [2.75, 3.05) is 13.1 Å². The van der Waals surface area contributed by atoms with Crippen LogP contribution in [0.2, 0.25) is 0 Å². The van der Waals surface area contributed by atoms with Crippen molar-refractivity contribution in [1.82, 2.24) is 4.90 Å². The lowest BCUT2D eigenvalue weighted by molar-refractivity contribution is -0.141. The van der Waals surface area contributed by atoms with Gasteiger partial charge in [-0.2, -0.15) is 0 Å². The van der Waals surface area contributed by atoms with Gasteiger partial charge >= 0.3 is 0 Å². The fourth-order valence-corrected chi connectivity index (χ4v) is 1.50. The predicted octanol–water partition coefficient (Wildman–Crippen LogP) is 0.415. The zero-order valence-electron chi connectivity index (χ0n) is 7.85. The number of carbonyl (C=O) groups excluding carboxylic acids is 1. The molecule has 1 fully saturated rings. The molecule has 0 saturated carbocycles. The van der Waals surface area contributed by atoms with Crippen molar-refractivity contribution in [3.63, 3.8) is 0 Å². The van der Waals surface area contributed by atoms with Crippen LogP contribution in [0.4, 0.5) is 0 Å². The Morgan fingerprint density at radius 1 is 1.64 bits per heavy atom. The minimum absolute atomic E-state index is 0.0895. The van der Waals surface area contributed by atoms with Crippen LogP contribution in [-0.4, -0.2) is 35.1 Å². The Kier molecular flexibility index (Phi) is 2.54. The molecule has 2 heterocycles. The number of aliphatic hydroxyl groups is 1. The molecule has 14 heavy (non-hydrogen) atoms. The zero-order chi connectivity index (χ0) is 9.97. The second kappa shape index (κ2) is 3.84. The third-order valence-electron chi connectivity index (χ3n) is 2.38. The molecule has 0 atom stereocenters. The second-order valence-electron chi connectivity index (χ2n) is 3.53. The Morgan fingerprint density at radius 2 is 2.43 bits per heavy atom. The number of β-amino-alcohol motifs (C(OH)–C–C–N with tert-alkyl or cyclic N) is 1. The van der Waals surface area contributed by atoms with Crippen molar-refractivity contribution in [2.45, 2.75) is 18.9 Å². The van der Waals surface area contributed by atoms with Gasteiger partial charge in [-0.15, -0.1) is 0 Å². The van der Waals surface area contributed by atoms with Gasteiger partial charge in [-0.25, -0.2) is 0 Å². The molecule has 1 aliphatic rings. The summed E-state index contributed by atoms with van der Waals surface area (Å²) in [5.74, 6) is 0.922. The lowest BCUT2D eigenvalue weighted by Crippen LogP contribution is -2.53. The standard InChI is InChI=1S/C10H13NO3/c12-8-6-11(7-8)10(13)4-3-9-2-1-5-14-9/h1-2,5,8,12H,3-4,6-7H2. The zero-order valence-corrected chi connectivity index (χ0v) is 7.85. The number of aryl methyl sites for hydroxylation is 1. The van der Waals surface area contributed by atoms with E-state index in [4.69, 9.17) is 9.52 Å². The number of nitrogens with zero attached hydrogens (tertiary/aromatic N) is 1. The quantitative estimate of drug-likeness (QED) is 0.760. The van der Waals surface area contributed by atoms with Crippen molar-refractivity contribution in [1.29, 1.82) is 0 Å². The van der Waals surface area contributed by atoms with Crippen molar-refractivity contribution in [3.05, 3.63) is 24.2 Å². The van der Waals surface area contributed by atoms with Gasteiger partial charge in [-0.1, -0.05) is 0 Å². The van der Waals surface area contributed by atoms with E-state index >= 15 is 0 Å². The van der Waals surface area contributed by atoms with Gasteiger partial charge in [-0.3, -0.25) is 4.79 Å². The largest absolute Gasteiger partial charge is 0.469 e. The van der Waals surface area contributed by atoms with Gasteiger partial charge in [-0.05, 0) is 12.1 Å². The fraction of sp³-hybridized carbons (Fsp3) is 0.500. The van der Waals surface area contributed by atoms with Crippen LogP contribution in [0.5, 0.6) is 0 Å². The number of aliphatic hydroxyl groups excluding tert-OH is 1. The van der Waals surface area contributed by atoms with Gasteiger partial charge in [0.25, 0.3) is 0 Å². The van der Waals surface area contributed by atoms with Gasteiger partial charge in [0, 0.05) is 25.9 Å². The monoisotopic (exact) mass is 195 g/mol. The average Bonchev–Trinajstić information content (AvgIpc) is 2.61. The Hall–Kier alpha value is -1.29. The fourth-order valence-electron chi connectivity index (χ4n) is 1.50. The third-order valence-corrected chi connectivity index (χ3v) is 2.38. The first-order valence-electron chi connectivity index (χ1n) is 4.74. The van der Waals surface area contributed by atoms with E-state index in [0.717, 1.165) is 5.76 Å². The Morgan fingerprint density at radius 3 is 3.00 bits per heavy atom. The molecule has 2 rings (SSSR count). The Bertz CT molecular complexity index is 301. The third kappa shape index (κ3) is 1.96. The number of furan rings is 1.